The quantitative estimate of drug-likeness (QED) is 0.735. The summed E-state index contributed by atoms with van der Waals surface area (Å²) in [7, 11) is -3.79. The van der Waals surface area contributed by atoms with E-state index >= 15 is 0 Å². The van der Waals surface area contributed by atoms with Crippen LogP contribution in [0.4, 0.5) is 11.4 Å². The van der Waals surface area contributed by atoms with Gasteiger partial charge in [0.05, 0.1) is 23.8 Å². The Kier molecular flexibility index (Phi) is 4.53. The number of anilines is 2. The van der Waals surface area contributed by atoms with Crippen LogP contribution < -0.4 is 10.0 Å². The third-order valence-electron chi connectivity index (χ3n) is 3.33. The topological polar surface area (TPSA) is 93.1 Å². The zero-order chi connectivity index (χ0) is 17.9. The van der Waals surface area contributed by atoms with E-state index in [4.69, 9.17) is 0 Å². The number of carbonyl (C=O) groups is 1. The summed E-state index contributed by atoms with van der Waals surface area (Å²) in [4.78, 5) is 11.2. The number of hydrogen-bond acceptors (Lipinski definition) is 4. The van der Waals surface area contributed by atoms with Gasteiger partial charge >= 0.3 is 0 Å². The molecule has 2 aromatic carbocycles. The molecule has 25 heavy (non-hydrogen) atoms. The molecule has 0 saturated heterocycles. The second-order valence-electron chi connectivity index (χ2n) is 5.32. The van der Waals surface area contributed by atoms with Crippen LogP contribution in [0, 0.1) is 0 Å². The number of amides is 1. The van der Waals surface area contributed by atoms with Crippen LogP contribution in [0.15, 0.2) is 71.9 Å². The summed E-state index contributed by atoms with van der Waals surface area (Å²) in [6.07, 6.45) is 2.72. The van der Waals surface area contributed by atoms with Gasteiger partial charge in [0.25, 0.3) is 10.0 Å². The Balaban J connectivity index is 1.83. The van der Waals surface area contributed by atoms with Gasteiger partial charge in [-0.3, -0.25) is 9.52 Å². The molecule has 3 aromatic rings. The summed E-state index contributed by atoms with van der Waals surface area (Å²) in [5, 5.41) is 6.70. The highest BCUT2D eigenvalue weighted by Gasteiger charge is 2.17. The zero-order valence-corrected chi connectivity index (χ0v) is 14.2. The standard InChI is InChI=1S/C17H16N4O3S/c1-13(22)19-14-6-5-7-15(10-14)20-25(23,24)17-11-18-21(12-17)16-8-3-2-4-9-16/h2-12,20H,1H3,(H,19,22). The van der Waals surface area contributed by atoms with Crippen LogP contribution in [0.5, 0.6) is 0 Å². The Labute approximate surface area is 145 Å². The molecule has 1 heterocycles. The molecule has 0 aliphatic rings. The van der Waals surface area contributed by atoms with Gasteiger partial charge < -0.3 is 5.32 Å². The molecular formula is C17H16N4O3S. The van der Waals surface area contributed by atoms with Crippen molar-refractivity contribution in [1.82, 2.24) is 9.78 Å². The SMILES string of the molecule is CC(=O)Nc1cccc(NS(=O)(=O)c2cnn(-c3ccccc3)c2)c1. The molecule has 3 rings (SSSR count). The number of carbonyl (C=O) groups excluding carboxylic acids is 1. The first-order valence-electron chi connectivity index (χ1n) is 7.45. The number of nitrogens with zero attached hydrogens (tertiary/aromatic N) is 2. The maximum atomic E-state index is 12.5. The van der Waals surface area contributed by atoms with Crippen molar-refractivity contribution >= 4 is 27.3 Å². The fourth-order valence-electron chi connectivity index (χ4n) is 2.24. The Morgan fingerprint density at radius 1 is 1.04 bits per heavy atom. The van der Waals surface area contributed by atoms with Crippen LogP contribution in [0.2, 0.25) is 0 Å². The van der Waals surface area contributed by atoms with Crippen molar-refractivity contribution in [2.45, 2.75) is 11.8 Å². The molecule has 0 unspecified atom stereocenters. The minimum atomic E-state index is -3.79. The Morgan fingerprint density at radius 2 is 1.76 bits per heavy atom. The van der Waals surface area contributed by atoms with E-state index < -0.39 is 10.0 Å². The molecule has 0 aliphatic heterocycles. The lowest BCUT2D eigenvalue weighted by atomic mass is 10.3. The molecule has 8 heteroatoms. The molecule has 0 radical (unpaired) electrons. The zero-order valence-electron chi connectivity index (χ0n) is 13.4. The van der Waals surface area contributed by atoms with Crippen molar-refractivity contribution < 1.29 is 13.2 Å². The van der Waals surface area contributed by atoms with Crippen LogP contribution in [-0.2, 0) is 14.8 Å². The first kappa shape index (κ1) is 16.7. The molecule has 0 spiro atoms. The minimum Gasteiger partial charge on any atom is -0.326 e. The number of aromatic nitrogens is 2. The highest BCUT2D eigenvalue weighted by Crippen LogP contribution is 2.20. The minimum absolute atomic E-state index is 0.0429. The van der Waals surface area contributed by atoms with E-state index in [1.807, 2.05) is 30.3 Å². The number of hydrogen-bond donors (Lipinski definition) is 2. The number of rotatable bonds is 5. The van der Waals surface area contributed by atoms with E-state index in [9.17, 15) is 13.2 Å². The lowest BCUT2D eigenvalue weighted by Crippen LogP contribution is -2.13. The highest BCUT2D eigenvalue weighted by molar-refractivity contribution is 7.92. The molecule has 2 N–H and O–H groups in total. The van der Waals surface area contributed by atoms with Crippen molar-refractivity contribution in [1.29, 1.82) is 0 Å². The largest absolute Gasteiger partial charge is 0.326 e. The van der Waals surface area contributed by atoms with Crippen molar-refractivity contribution in [3.05, 3.63) is 67.0 Å². The van der Waals surface area contributed by atoms with Crippen molar-refractivity contribution in [2.75, 3.05) is 10.0 Å². The molecule has 0 bridgehead atoms. The number of nitrogens with one attached hydrogen (secondary N) is 2. The van der Waals surface area contributed by atoms with Gasteiger partial charge in [-0.1, -0.05) is 24.3 Å². The Hall–Kier alpha value is -3.13. The third-order valence-corrected chi connectivity index (χ3v) is 4.66. The van der Waals surface area contributed by atoms with Gasteiger partial charge in [-0.2, -0.15) is 5.10 Å². The van der Waals surface area contributed by atoms with E-state index in [0.717, 1.165) is 5.69 Å². The molecule has 7 nitrogen and oxygen atoms in total. The van der Waals surface area contributed by atoms with Crippen LogP contribution in [0.3, 0.4) is 0 Å². The molecular weight excluding hydrogens is 340 g/mol. The van der Waals surface area contributed by atoms with Gasteiger partial charge in [0, 0.05) is 12.6 Å². The highest BCUT2D eigenvalue weighted by atomic mass is 32.2. The Morgan fingerprint density at radius 3 is 2.48 bits per heavy atom. The second-order valence-corrected chi connectivity index (χ2v) is 7.01. The molecule has 0 saturated carbocycles. The van der Waals surface area contributed by atoms with E-state index in [0.29, 0.717) is 11.4 Å². The maximum absolute atomic E-state index is 12.5. The number of para-hydroxylation sites is 1. The smallest absolute Gasteiger partial charge is 0.265 e. The number of benzene rings is 2. The summed E-state index contributed by atoms with van der Waals surface area (Å²) in [6, 6.07) is 15.7. The maximum Gasteiger partial charge on any atom is 0.265 e. The molecule has 0 fully saturated rings. The van der Waals surface area contributed by atoms with E-state index in [1.165, 1.54) is 24.0 Å². The first-order chi connectivity index (χ1) is 11.9. The lowest BCUT2D eigenvalue weighted by Gasteiger charge is -2.08. The summed E-state index contributed by atoms with van der Waals surface area (Å²) in [6.45, 7) is 1.38. The van der Waals surface area contributed by atoms with Gasteiger partial charge in [0.2, 0.25) is 5.91 Å². The van der Waals surface area contributed by atoms with Gasteiger partial charge in [0.15, 0.2) is 0 Å². The summed E-state index contributed by atoms with van der Waals surface area (Å²) >= 11 is 0. The average Bonchev–Trinajstić information content (AvgIpc) is 3.06. The monoisotopic (exact) mass is 356 g/mol. The van der Waals surface area contributed by atoms with E-state index in [-0.39, 0.29) is 10.8 Å². The normalized spacial score (nSPS) is 11.1. The molecule has 128 valence electrons. The van der Waals surface area contributed by atoms with E-state index in [2.05, 4.69) is 15.1 Å². The summed E-state index contributed by atoms with van der Waals surface area (Å²) in [5.74, 6) is -0.232. The van der Waals surface area contributed by atoms with Gasteiger partial charge in [-0.15, -0.1) is 0 Å². The van der Waals surface area contributed by atoms with Crippen LogP contribution in [0.25, 0.3) is 5.69 Å². The lowest BCUT2D eigenvalue weighted by molar-refractivity contribution is -0.114. The molecule has 1 amide bonds. The van der Waals surface area contributed by atoms with Gasteiger partial charge in [0.1, 0.15) is 4.90 Å². The second kappa shape index (κ2) is 6.78. The predicted molar refractivity (Wildman–Crippen MR) is 95.1 cm³/mol. The first-order valence-corrected chi connectivity index (χ1v) is 8.93. The summed E-state index contributed by atoms with van der Waals surface area (Å²) in [5.41, 5.74) is 1.61. The molecule has 0 aliphatic carbocycles. The van der Waals surface area contributed by atoms with Crippen LogP contribution in [-0.4, -0.2) is 24.1 Å². The van der Waals surface area contributed by atoms with Gasteiger partial charge in [-0.05, 0) is 30.3 Å². The van der Waals surface area contributed by atoms with Crippen molar-refractivity contribution in [3.63, 3.8) is 0 Å². The van der Waals surface area contributed by atoms with E-state index in [1.54, 1.807) is 24.3 Å². The Bertz CT molecular complexity index is 997. The fourth-order valence-corrected chi connectivity index (χ4v) is 3.22. The number of sulfonamides is 1. The summed E-state index contributed by atoms with van der Waals surface area (Å²) < 4.78 is 29.0. The van der Waals surface area contributed by atoms with Crippen LogP contribution >= 0.6 is 0 Å². The molecule has 0 atom stereocenters. The van der Waals surface area contributed by atoms with Gasteiger partial charge in [-0.25, -0.2) is 13.1 Å². The predicted octanol–water partition coefficient (Wildman–Crippen LogP) is 2.63. The third kappa shape index (κ3) is 4.04. The fraction of sp³-hybridized carbons (Fsp3) is 0.0588. The van der Waals surface area contributed by atoms with Crippen LogP contribution in [0.1, 0.15) is 6.92 Å². The molecule has 1 aromatic heterocycles. The average molecular weight is 356 g/mol. The van der Waals surface area contributed by atoms with Crippen molar-refractivity contribution in [3.8, 4) is 5.69 Å². The van der Waals surface area contributed by atoms with Crippen molar-refractivity contribution in [2.24, 2.45) is 0 Å².